The Morgan fingerprint density at radius 2 is 2.00 bits per heavy atom. The van der Waals surface area contributed by atoms with Crippen molar-refractivity contribution in [3.63, 3.8) is 0 Å². The van der Waals surface area contributed by atoms with E-state index in [-0.39, 0.29) is 12.3 Å². The van der Waals surface area contributed by atoms with Gasteiger partial charge in [0.2, 0.25) is 6.23 Å². The van der Waals surface area contributed by atoms with Gasteiger partial charge < -0.3 is 19.7 Å². The van der Waals surface area contributed by atoms with Crippen LogP contribution in [0.1, 0.15) is 11.8 Å². The summed E-state index contributed by atoms with van der Waals surface area (Å²) >= 11 is 9.56. The number of quaternary nitrogens is 1. The number of nitrogens with zero attached hydrogens (tertiary/aromatic N) is 1. The highest BCUT2D eigenvalue weighted by Crippen LogP contribution is 2.28. The van der Waals surface area contributed by atoms with E-state index in [9.17, 15) is 0 Å². The highest BCUT2D eigenvalue weighted by molar-refractivity contribution is 9.10. The third-order valence-electron chi connectivity index (χ3n) is 4.01. The number of ether oxygens (including phenoxy) is 2. The lowest BCUT2D eigenvalue weighted by Gasteiger charge is -2.14. The predicted octanol–water partition coefficient (Wildman–Crippen LogP) is 3.21. The quantitative estimate of drug-likeness (QED) is 0.819. The van der Waals surface area contributed by atoms with Gasteiger partial charge in [0.05, 0.1) is 5.02 Å². The predicted molar refractivity (Wildman–Crippen MR) is 99.8 cm³/mol. The number of rotatable bonds is 5. The fourth-order valence-corrected chi connectivity index (χ4v) is 3.38. The van der Waals surface area contributed by atoms with Crippen LogP contribution in [0.4, 0.5) is 5.69 Å². The molecule has 2 N–H and O–H groups in total. The molecule has 1 heterocycles. The summed E-state index contributed by atoms with van der Waals surface area (Å²) in [6, 6.07) is 14.1. The molecule has 0 radical (unpaired) electrons. The molecule has 0 aromatic heterocycles. The molecule has 2 aromatic carbocycles. The van der Waals surface area contributed by atoms with Gasteiger partial charge in [-0.05, 0) is 42.5 Å². The average Bonchev–Trinajstić information content (AvgIpc) is 3.03. The molecule has 1 aliphatic heterocycles. The summed E-state index contributed by atoms with van der Waals surface area (Å²) in [5.41, 5.74) is 2.35. The summed E-state index contributed by atoms with van der Waals surface area (Å²) in [4.78, 5) is 2.08. The number of halogens is 2. The Balaban J connectivity index is 1.55. The molecule has 2 aromatic rings. The second-order valence-electron chi connectivity index (χ2n) is 6.02. The minimum atomic E-state index is 0.0233. The fraction of sp³-hybridized carbons (Fsp3) is 0.333. The van der Waals surface area contributed by atoms with E-state index < -0.39 is 0 Å². The van der Waals surface area contributed by atoms with Crippen molar-refractivity contribution in [3.05, 3.63) is 57.5 Å². The Morgan fingerprint density at radius 1 is 1.25 bits per heavy atom. The van der Waals surface area contributed by atoms with E-state index in [0.29, 0.717) is 17.4 Å². The lowest BCUT2D eigenvalue weighted by molar-refractivity contribution is -0.697. The van der Waals surface area contributed by atoms with Crippen LogP contribution in [-0.2, 0) is 4.74 Å². The largest absolute Gasteiger partial charge is 0.489 e. The summed E-state index contributed by atoms with van der Waals surface area (Å²) in [6.07, 6.45) is 0.0680. The summed E-state index contributed by atoms with van der Waals surface area (Å²) in [6.45, 7) is 1.36. The van der Waals surface area contributed by atoms with E-state index in [4.69, 9.17) is 21.1 Å². The molecule has 24 heavy (non-hydrogen) atoms. The summed E-state index contributed by atoms with van der Waals surface area (Å²) in [5.74, 6) is 0.683. The minimum Gasteiger partial charge on any atom is -0.489 e. The van der Waals surface area contributed by atoms with Crippen LogP contribution in [0.2, 0.25) is 5.02 Å². The van der Waals surface area contributed by atoms with Crippen LogP contribution in [0, 0.1) is 0 Å². The number of hydrogen-bond acceptors (Lipinski definition) is 3. The van der Waals surface area contributed by atoms with Crippen molar-refractivity contribution in [1.29, 1.82) is 0 Å². The molecule has 2 atom stereocenters. The molecule has 0 aliphatic carbocycles. The van der Waals surface area contributed by atoms with Gasteiger partial charge in [0.15, 0.2) is 0 Å². The average molecular weight is 413 g/mol. The van der Waals surface area contributed by atoms with Crippen LogP contribution in [0.5, 0.6) is 5.75 Å². The molecule has 0 saturated carbocycles. The highest BCUT2D eigenvalue weighted by atomic mass is 79.9. The zero-order valence-electron chi connectivity index (χ0n) is 13.7. The van der Waals surface area contributed by atoms with Gasteiger partial charge in [-0.2, -0.15) is 0 Å². The van der Waals surface area contributed by atoms with Gasteiger partial charge in [-0.15, -0.1) is 0 Å². The maximum Gasteiger partial charge on any atom is 0.217 e. The first-order valence-electron chi connectivity index (χ1n) is 7.87. The van der Waals surface area contributed by atoms with Crippen LogP contribution in [0.25, 0.3) is 0 Å². The standard InChI is InChI=1S/C18H20BrClN2O2/c1-22(2)14-6-3-12(4-7-14)18-21-10-15(24-18)11-23-17-8-5-13(19)9-16(17)20/h3-9,15,18,21H,10-11H2,1-2H3/p+1/t15-,18-/m0/s1. The van der Waals surface area contributed by atoms with Crippen molar-refractivity contribution in [3.8, 4) is 5.75 Å². The van der Waals surface area contributed by atoms with Crippen molar-refractivity contribution in [2.24, 2.45) is 0 Å². The summed E-state index contributed by atoms with van der Waals surface area (Å²) < 4.78 is 12.8. The number of anilines is 1. The summed E-state index contributed by atoms with van der Waals surface area (Å²) in [7, 11) is 4.07. The van der Waals surface area contributed by atoms with E-state index in [1.54, 1.807) is 0 Å². The van der Waals surface area contributed by atoms with Crippen LogP contribution in [0.3, 0.4) is 0 Å². The molecule has 0 spiro atoms. The Hall–Kier alpha value is -1.27. The van der Waals surface area contributed by atoms with Crippen LogP contribution in [-0.4, -0.2) is 33.4 Å². The van der Waals surface area contributed by atoms with Gasteiger partial charge in [0.25, 0.3) is 0 Å². The Labute approximate surface area is 155 Å². The zero-order valence-corrected chi connectivity index (χ0v) is 16.0. The molecule has 4 nitrogen and oxygen atoms in total. The molecular weight excluding hydrogens is 392 g/mol. The molecule has 128 valence electrons. The van der Waals surface area contributed by atoms with Gasteiger partial charge in [-0.25, -0.2) is 0 Å². The topological polar surface area (TPSA) is 38.3 Å². The van der Waals surface area contributed by atoms with E-state index in [1.165, 1.54) is 11.3 Å². The lowest BCUT2D eigenvalue weighted by atomic mass is 10.2. The molecule has 1 saturated heterocycles. The highest BCUT2D eigenvalue weighted by Gasteiger charge is 2.30. The molecule has 1 fully saturated rings. The third-order valence-corrected chi connectivity index (χ3v) is 4.80. The van der Waals surface area contributed by atoms with Gasteiger partial charge >= 0.3 is 0 Å². The summed E-state index contributed by atoms with van der Waals surface area (Å²) in [5, 5.41) is 2.80. The fourth-order valence-electron chi connectivity index (χ4n) is 2.65. The first-order chi connectivity index (χ1) is 11.5. The van der Waals surface area contributed by atoms with E-state index in [1.807, 2.05) is 32.3 Å². The van der Waals surface area contributed by atoms with Crippen molar-refractivity contribution >= 4 is 33.2 Å². The lowest BCUT2D eigenvalue weighted by Crippen LogP contribution is -2.82. The molecule has 6 heteroatoms. The molecule has 0 amide bonds. The number of nitrogens with two attached hydrogens (primary N) is 1. The van der Waals surface area contributed by atoms with Gasteiger partial charge in [-0.3, -0.25) is 0 Å². The normalized spacial score (nSPS) is 20.2. The second-order valence-corrected chi connectivity index (χ2v) is 7.34. The minimum absolute atomic E-state index is 0.0233. The molecule has 0 bridgehead atoms. The smallest absolute Gasteiger partial charge is 0.217 e. The van der Waals surface area contributed by atoms with Gasteiger partial charge in [0.1, 0.15) is 25.0 Å². The SMILES string of the molecule is CN(C)c1ccc([C@H]2[NH2+]C[C@@H](COc3ccc(Br)cc3Cl)O2)cc1. The third kappa shape index (κ3) is 4.22. The molecule has 0 unspecified atom stereocenters. The number of hydrogen-bond donors (Lipinski definition) is 1. The first-order valence-corrected chi connectivity index (χ1v) is 9.04. The van der Waals surface area contributed by atoms with Gasteiger partial charge in [0, 0.05) is 29.8 Å². The maximum atomic E-state index is 6.17. The Morgan fingerprint density at radius 3 is 2.67 bits per heavy atom. The van der Waals surface area contributed by atoms with Crippen molar-refractivity contribution in [1.82, 2.24) is 0 Å². The van der Waals surface area contributed by atoms with Crippen LogP contribution < -0.4 is 15.0 Å². The van der Waals surface area contributed by atoms with E-state index in [2.05, 4.69) is 50.4 Å². The van der Waals surface area contributed by atoms with Crippen LogP contribution >= 0.6 is 27.5 Å². The van der Waals surface area contributed by atoms with Crippen molar-refractivity contribution in [2.75, 3.05) is 32.1 Å². The maximum absolute atomic E-state index is 6.17. The van der Waals surface area contributed by atoms with Crippen molar-refractivity contribution < 1.29 is 14.8 Å². The second kappa shape index (κ2) is 7.74. The van der Waals surface area contributed by atoms with E-state index >= 15 is 0 Å². The van der Waals surface area contributed by atoms with E-state index in [0.717, 1.165) is 11.0 Å². The Kier molecular flexibility index (Phi) is 5.66. The molecular formula is C18H21BrClN2O2+. The molecule has 1 aliphatic rings. The monoisotopic (exact) mass is 411 g/mol. The van der Waals surface area contributed by atoms with Crippen LogP contribution in [0.15, 0.2) is 46.9 Å². The zero-order chi connectivity index (χ0) is 17.1. The Bertz CT molecular complexity index is 694. The first kappa shape index (κ1) is 17.5. The number of benzene rings is 2. The van der Waals surface area contributed by atoms with Crippen molar-refractivity contribution in [2.45, 2.75) is 12.3 Å². The van der Waals surface area contributed by atoms with Gasteiger partial charge in [-0.1, -0.05) is 27.5 Å². The molecule has 3 rings (SSSR count).